The summed E-state index contributed by atoms with van der Waals surface area (Å²) in [4.78, 5) is 0. The lowest BCUT2D eigenvalue weighted by Gasteiger charge is -2.37. The van der Waals surface area contributed by atoms with Gasteiger partial charge >= 0.3 is 0 Å². The average molecular weight is 324 g/mol. The monoisotopic (exact) mass is 323 g/mol. The van der Waals surface area contributed by atoms with Gasteiger partial charge in [0, 0.05) is 31.7 Å². The Bertz CT molecular complexity index is 435. The van der Waals surface area contributed by atoms with E-state index in [2.05, 4.69) is 0 Å². The summed E-state index contributed by atoms with van der Waals surface area (Å²) < 4.78 is 28.8. The van der Waals surface area contributed by atoms with Crippen LogP contribution in [0, 0.1) is 11.8 Å². The third kappa shape index (κ3) is 2.86. The lowest BCUT2D eigenvalue weighted by molar-refractivity contribution is 0.227. The summed E-state index contributed by atoms with van der Waals surface area (Å²) >= 11 is 0. The molecule has 0 spiro atoms. The molecule has 0 amide bonds. The lowest BCUT2D eigenvalue weighted by Crippen LogP contribution is -2.50. The third-order valence-corrected chi connectivity index (χ3v) is 7.28. The first-order valence-corrected chi connectivity index (χ1v) is 8.90. The van der Waals surface area contributed by atoms with Crippen LogP contribution in [0.4, 0.5) is 0 Å². The smallest absolute Gasteiger partial charge is 0.282 e. The highest BCUT2D eigenvalue weighted by Gasteiger charge is 2.46. The Balaban J connectivity index is 0.00000147. The molecule has 0 radical (unpaired) electrons. The summed E-state index contributed by atoms with van der Waals surface area (Å²) in [7, 11) is -3.22. The molecule has 2 heterocycles. The summed E-state index contributed by atoms with van der Waals surface area (Å²) in [6, 6.07) is 0.453. The van der Waals surface area contributed by atoms with Gasteiger partial charge in [-0.1, -0.05) is 0 Å². The van der Waals surface area contributed by atoms with E-state index in [-0.39, 0.29) is 24.5 Å². The molecule has 5 nitrogen and oxygen atoms in total. The Hall–Kier alpha value is 0.120. The number of nitrogens with two attached hydrogens (primary N) is 1. The number of fused-ring (bicyclic) bond motifs is 2. The lowest BCUT2D eigenvalue weighted by atomic mass is 9.92. The zero-order valence-corrected chi connectivity index (χ0v) is 13.7. The second-order valence-electron chi connectivity index (χ2n) is 6.51. The van der Waals surface area contributed by atoms with E-state index in [0.717, 1.165) is 32.2 Å². The van der Waals surface area contributed by atoms with Crippen LogP contribution in [0.5, 0.6) is 0 Å². The fourth-order valence-electron chi connectivity index (χ4n) is 3.94. The Morgan fingerprint density at radius 3 is 2.25 bits per heavy atom. The van der Waals surface area contributed by atoms with Crippen molar-refractivity contribution in [3.63, 3.8) is 0 Å². The zero-order valence-electron chi connectivity index (χ0n) is 12.1. The van der Waals surface area contributed by atoms with E-state index < -0.39 is 10.2 Å². The minimum absolute atomic E-state index is 0. The molecule has 2 N–H and O–H groups in total. The second-order valence-corrected chi connectivity index (χ2v) is 8.39. The van der Waals surface area contributed by atoms with Crippen LogP contribution >= 0.6 is 12.4 Å². The SMILES string of the molecule is CC(N)C1CCN(S(=O)(=O)N2CC3CCC2C3)CC1.Cl. The van der Waals surface area contributed by atoms with Crippen LogP contribution in [0.1, 0.15) is 39.0 Å². The zero-order chi connectivity index (χ0) is 13.6. The van der Waals surface area contributed by atoms with Crippen LogP contribution in [-0.2, 0) is 10.2 Å². The van der Waals surface area contributed by atoms with Crippen molar-refractivity contribution in [3.05, 3.63) is 0 Å². The van der Waals surface area contributed by atoms with Crippen LogP contribution in [0.25, 0.3) is 0 Å². The quantitative estimate of drug-likeness (QED) is 0.848. The van der Waals surface area contributed by atoms with E-state index in [1.54, 1.807) is 8.61 Å². The predicted octanol–water partition coefficient (Wildman–Crippen LogP) is 1.20. The van der Waals surface area contributed by atoms with Crippen LogP contribution in [0.15, 0.2) is 0 Å². The number of rotatable bonds is 3. The molecule has 118 valence electrons. The van der Waals surface area contributed by atoms with Crippen LogP contribution in [-0.4, -0.2) is 48.7 Å². The van der Waals surface area contributed by atoms with E-state index in [1.165, 1.54) is 6.42 Å². The molecule has 1 aliphatic carbocycles. The molecule has 2 saturated heterocycles. The van der Waals surface area contributed by atoms with Gasteiger partial charge in [0.2, 0.25) is 0 Å². The topological polar surface area (TPSA) is 66.6 Å². The van der Waals surface area contributed by atoms with Crippen molar-refractivity contribution in [1.82, 2.24) is 8.61 Å². The number of piperidine rings is 2. The molecule has 1 saturated carbocycles. The fourth-order valence-corrected chi connectivity index (χ4v) is 5.88. The second kappa shape index (κ2) is 6.08. The highest BCUT2D eigenvalue weighted by atomic mass is 35.5. The molecule has 0 aromatic rings. The molecular formula is C13H26ClN3O2S. The molecule has 7 heteroatoms. The van der Waals surface area contributed by atoms with Crippen molar-refractivity contribution in [2.75, 3.05) is 19.6 Å². The first-order valence-electron chi connectivity index (χ1n) is 7.51. The number of hydrogen-bond acceptors (Lipinski definition) is 3. The molecule has 2 bridgehead atoms. The Morgan fingerprint density at radius 1 is 1.15 bits per heavy atom. The maximum absolute atomic E-state index is 12.7. The highest BCUT2D eigenvalue weighted by Crippen LogP contribution is 2.40. The summed E-state index contributed by atoms with van der Waals surface area (Å²) in [5, 5.41) is 0. The number of halogens is 1. The molecule has 2 aliphatic heterocycles. The number of nitrogens with zero attached hydrogens (tertiary/aromatic N) is 2. The van der Waals surface area contributed by atoms with E-state index in [9.17, 15) is 8.42 Å². The first kappa shape index (κ1) is 16.5. The first-order chi connectivity index (χ1) is 8.98. The maximum atomic E-state index is 12.7. The van der Waals surface area contributed by atoms with Gasteiger partial charge in [0.1, 0.15) is 0 Å². The van der Waals surface area contributed by atoms with Crippen molar-refractivity contribution < 1.29 is 8.42 Å². The van der Waals surface area contributed by atoms with Gasteiger partial charge in [-0.2, -0.15) is 17.0 Å². The van der Waals surface area contributed by atoms with E-state index in [1.807, 2.05) is 6.92 Å². The summed E-state index contributed by atoms with van der Waals surface area (Å²) in [6.07, 6.45) is 5.15. The Labute approximate surface area is 128 Å². The third-order valence-electron chi connectivity index (χ3n) is 5.22. The molecule has 3 unspecified atom stereocenters. The van der Waals surface area contributed by atoms with Gasteiger partial charge in [-0.25, -0.2) is 0 Å². The molecule has 3 fully saturated rings. The normalized spacial score (nSPS) is 34.1. The average Bonchev–Trinajstić information content (AvgIpc) is 3.01. The van der Waals surface area contributed by atoms with Crippen molar-refractivity contribution in [2.45, 2.75) is 51.1 Å². The highest BCUT2D eigenvalue weighted by molar-refractivity contribution is 7.86. The fraction of sp³-hybridized carbons (Fsp3) is 1.00. The van der Waals surface area contributed by atoms with E-state index in [4.69, 9.17) is 5.73 Å². The summed E-state index contributed by atoms with van der Waals surface area (Å²) in [6.45, 7) is 4.05. The molecule has 20 heavy (non-hydrogen) atoms. The van der Waals surface area contributed by atoms with Gasteiger partial charge in [0.25, 0.3) is 10.2 Å². The molecule has 0 aromatic carbocycles. The summed E-state index contributed by atoms with van der Waals surface area (Å²) in [5.41, 5.74) is 5.91. The van der Waals surface area contributed by atoms with Gasteiger partial charge in [0.15, 0.2) is 0 Å². The van der Waals surface area contributed by atoms with Gasteiger partial charge in [-0.3, -0.25) is 0 Å². The van der Waals surface area contributed by atoms with Gasteiger partial charge in [-0.15, -0.1) is 12.4 Å². The maximum Gasteiger partial charge on any atom is 0.282 e. The summed E-state index contributed by atoms with van der Waals surface area (Å²) in [5.74, 6) is 1.09. The van der Waals surface area contributed by atoms with Crippen molar-refractivity contribution in [1.29, 1.82) is 0 Å². The van der Waals surface area contributed by atoms with Crippen molar-refractivity contribution >= 4 is 22.6 Å². The van der Waals surface area contributed by atoms with Gasteiger partial charge in [-0.05, 0) is 50.9 Å². The minimum Gasteiger partial charge on any atom is -0.328 e. The Kier molecular flexibility index (Phi) is 5.02. The number of hydrogen-bond donors (Lipinski definition) is 1. The standard InChI is InChI=1S/C13H25N3O2S.ClH/c1-10(14)12-4-6-15(7-5-12)19(17,18)16-9-11-2-3-13(16)8-11;/h10-13H,2-9,14H2,1H3;1H. The van der Waals surface area contributed by atoms with Crippen LogP contribution in [0.3, 0.4) is 0 Å². The molecule has 0 aromatic heterocycles. The van der Waals surface area contributed by atoms with Gasteiger partial charge in [0.05, 0.1) is 0 Å². The minimum atomic E-state index is -3.22. The van der Waals surface area contributed by atoms with Crippen LogP contribution in [0.2, 0.25) is 0 Å². The van der Waals surface area contributed by atoms with Gasteiger partial charge < -0.3 is 5.73 Å². The molecule has 3 rings (SSSR count). The van der Waals surface area contributed by atoms with E-state index >= 15 is 0 Å². The molecule has 3 atom stereocenters. The Morgan fingerprint density at radius 2 is 1.80 bits per heavy atom. The van der Waals surface area contributed by atoms with Crippen molar-refractivity contribution in [2.24, 2.45) is 17.6 Å². The predicted molar refractivity (Wildman–Crippen MR) is 81.9 cm³/mol. The van der Waals surface area contributed by atoms with Crippen molar-refractivity contribution in [3.8, 4) is 0 Å². The van der Waals surface area contributed by atoms with Crippen LogP contribution < -0.4 is 5.73 Å². The van der Waals surface area contributed by atoms with E-state index in [0.29, 0.717) is 24.9 Å². The largest absolute Gasteiger partial charge is 0.328 e. The molecule has 3 aliphatic rings. The molecular weight excluding hydrogens is 298 g/mol.